The second kappa shape index (κ2) is 4.92. The largest absolute Gasteiger partial charge is 0.486 e. The molecule has 1 aromatic heterocycles. The Morgan fingerprint density at radius 2 is 1.86 bits per heavy atom. The van der Waals surface area contributed by atoms with Crippen molar-refractivity contribution in [1.29, 1.82) is 0 Å². The number of nitrogens with zero attached hydrogens (tertiary/aromatic N) is 2. The molecule has 0 saturated carbocycles. The molecule has 1 aliphatic heterocycles. The van der Waals surface area contributed by atoms with Crippen molar-refractivity contribution in [2.24, 2.45) is 5.73 Å². The molecule has 1 aliphatic rings. The van der Waals surface area contributed by atoms with Crippen molar-refractivity contribution >= 4 is 0 Å². The lowest BCUT2D eigenvalue weighted by atomic mass is 10.1. The fourth-order valence-corrected chi connectivity index (χ4v) is 1.88. The number of aromatic nitrogens is 2. The zero-order chi connectivity index (χ0) is 15.0. The smallest absolute Gasteiger partial charge is 0.471 e. The van der Waals surface area contributed by atoms with Crippen molar-refractivity contribution in [3.8, 4) is 11.5 Å². The molecule has 0 aliphatic carbocycles. The SMILES string of the molecule is NC(c1ccc2c(c1)OCCO2)c1noc(C(F)(F)F)n1. The van der Waals surface area contributed by atoms with Crippen LogP contribution in [0, 0.1) is 0 Å². The Kier molecular flexibility index (Phi) is 3.20. The lowest BCUT2D eigenvalue weighted by molar-refractivity contribution is -0.159. The van der Waals surface area contributed by atoms with E-state index in [-0.39, 0.29) is 5.82 Å². The number of benzene rings is 1. The van der Waals surface area contributed by atoms with Gasteiger partial charge in [0.15, 0.2) is 17.3 Å². The van der Waals surface area contributed by atoms with Crippen molar-refractivity contribution in [2.75, 3.05) is 13.2 Å². The normalized spacial score (nSPS) is 15.8. The maximum atomic E-state index is 12.4. The maximum absolute atomic E-state index is 12.4. The highest BCUT2D eigenvalue weighted by Crippen LogP contribution is 2.34. The van der Waals surface area contributed by atoms with Gasteiger partial charge in [0.2, 0.25) is 0 Å². The molecule has 9 heteroatoms. The van der Waals surface area contributed by atoms with Gasteiger partial charge in [0, 0.05) is 0 Å². The molecule has 3 rings (SSSR count). The second-order valence-corrected chi connectivity index (χ2v) is 4.34. The summed E-state index contributed by atoms with van der Waals surface area (Å²) in [6.45, 7) is 0.838. The van der Waals surface area contributed by atoms with Gasteiger partial charge in [-0.25, -0.2) is 0 Å². The third-order valence-corrected chi connectivity index (χ3v) is 2.89. The molecule has 0 saturated heterocycles. The van der Waals surface area contributed by atoms with Gasteiger partial charge in [0.1, 0.15) is 13.2 Å². The van der Waals surface area contributed by atoms with E-state index < -0.39 is 18.1 Å². The lowest BCUT2D eigenvalue weighted by Crippen LogP contribution is -2.18. The van der Waals surface area contributed by atoms with Crippen LogP contribution in [0.1, 0.15) is 23.3 Å². The first-order chi connectivity index (χ1) is 9.95. The molecule has 0 bridgehead atoms. The summed E-state index contributed by atoms with van der Waals surface area (Å²) in [5.74, 6) is -0.639. The topological polar surface area (TPSA) is 83.4 Å². The second-order valence-electron chi connectivity index (χ2n) is 4.34. The molecule has 0 amide bonds. The van der Waals surface area contributed by atoms with Gasteiger partial charge in [-0.15, -0.1) is 0 Å². The monoisotopic (exact) mass is 301 g/mol. The van der Waals surface area contributed by atoms with Crippen LogP contribution in [0.4, 0.5) is 13.2 Å². The quantitative estimate of drug-likeness (QED) is 0.912. The molecule has 6 nitrogen and oxygen atoms in total. The Morgan fingerprint density at radius 1 is 1.14 bits per heavy atom. The van der Waals surface area contributed by atoms with Crippen LogP contribution in [0.15, 0.2) is 22.7 Å². The van der Waals surface area contributed by atoms with Crippen molar-refractivity contribution in [3.63, 3.8) is 0 Å². The highest BCUT2D eigenvalue weighted by Gasteiger charge is 2.39. The molecule has 1 unspecified atom stereocenters. The minimum Gasteiger partial charge on any atom is -0.486 e. The molecule has 2 heterocycles. The van der Waals surface area contributed by atoms with E-state index in [9.17, 15) is 13.2 Å². The Balaban J connectivity index is 1.88. The molecule has 2 aromatic rings. The molecule has 0 fully saturated rings. The third-order valence-electron chi connectivity index (χ3n) is 2.89. The predicted octanol–water partition coefficient (Wildman–Crippen LogP) is 1.91. The minimum absolute atomic E-state index is 0.251. The summed E-state index contributed by atoms with van der Waals surface area (Å²) in [5, 5.41) is 3.27. The number of halogens is 3. The molecule has 0 spiro atoms. The molecular formula is C12H10F3N3O3. The van der Waals surface area contributed by atoms with E-state index in [2.05, 4.69) is 14.7 Å². The molecule has 1 aromatic carbocycles. The average molecular weight is 301 g/mol. The summed E-state index contributed by atoms with van der Waals surface area (Å²) in [6, 6.07) is 3.87. The van der Waals surface area contributed by atoms with Gasteiger partial charge >= 0.3 is 12.1 Å². The first-order valence-corrected chi connectivity index (χ1v) is 6.01. The van der Waals surface area contributed by atoms with E-state index in [0.717, 1.165) is 0 Å². The Labute approximate surface area is 116 Å². The summed E-state index contributed by atoms with van der Waals surface area (Å²) >= 11 is 0. The highest BCUT2D eigenvalue weighted by molar-refractivity contribution is 5.45. The standard InChI is InChI=1S/C12H10F3N3O3/c13-12(14,15)11-17-10(18-21-11)9(16)6-1-2-7-8(5-6)20-4-3-19-7/h1-2,5,9H,3-4,16H2. The molecular weight excluding hydrogens is 291 g/mol. The van der Waals surface area contributed by atoms with Gasteiger partial charge in [0.25, 0.3) is 0 Å². The van der Waals surface area contributed by atoms with Crippen LogP contribution in [0.25, 0.3) is 0 Å². The summed E-state index contributed by atoms with van der Waals surface area (Å²) in [4.78, 5) is 3.27. The molecule has 2 N–H and O–H groups in total. The van der Waals surface area contributed by atoms with Crippen LogP contribution in [-0.4, -0.2) is 23.4 Å². The Hall–Kier alpha value is -2.29. The average Bonchev–Trinajstić information content (AvgIpc) is 2.96. The van der Waals surface area contributed by atoms with Crippen LogP contribution in [0.3, 0.4) is 0 Å². The van der Waals surface area contributed by atoms with Crippen molar-refractivity contribution < 1.29 is 27.2 Å². The number of rotatable bonds is 2. The van der Waals surface area contributed by atoms with Crippen molar-refractivity contribution in [1.82, 2.24) is 10.1 Å². The zero-order valence-electron chi connectivity index (χ0n) is 10.6. The van der Waals surface area contributed by atoms with Crippen LogP contribution in [0.5, 0.6) is 11.5 Å². The summed E-state index contributed by atoms with van der Waals surface area (Å²) in [6.07, 6.45) is -4.70. The van der Waals surface area contributed by atoms with Crippen LogP contribution in [-0.2, 0) is 6.18 Å². The number of fused-ring (bicyclic) bond motifs is 1. The van der Waals surface area contributed by atoms with Gasteiger partial charge in [-0.1, -0.05) is 11.2 Å². The van der Waals surface area contributed by atoms with Gasteiger partial charge in [-0.2, -0.15) is 18.2 Å². The van der Waals surface area contributed by atoms with E-state index in [1.165, 1.54) is 0 Å². The Morgan fingerprint density at radius 3 is 2.52 bits per heavy atom. The maximum Gasteiger partial charge on any atom is 0.471 e. The van der Waals surface area contributed by atoms with Crippen LogP contribution in [0.2, 0.25) is 0 Å². The lowest BCUT2D eigenvalue weighted by Gasteiger charge is -2.19. The molecule has 0 radical (unpaired) electrons. The first-order valence-electron chi connectivity index (χ1n) is 6.01. The highest BCUT2D eigenvalue weighted by atomic mass is 19.4. The summed E-state index contributed by atoms with van der Waals surface area (Å²) in [7, 11) is 0. The van der Waals surface area contributed by atoms with Gasteiger partial charge in [-0.05, 0) is 17.7 Å². The van der Waals surface area contributed by atoms with E-state index in [1.54, 1.807) is 18.2 Å². The van der Waals surface area contributed by atoms with Gasteiger partial charge in [0.05, 0.1) is 6.04 Å². The summed E-state index contributed by atoms with van der Waals surface area (Å²) in [5.41, 5.74) is 6.35. The van der Waals surface area contributed by atoms with Crippen molar-refractivity contribution in [3.05, 3.63) is 35.5 Å². The molecule has 1 atom stereocenters. The Bertz CT molecular complexity index is 657. The third kappa shape index (κ3) is 2.64. The number of alkyl halides is 3. The molecule has 112 valence electrons. The van der Waals surface area contributed by atoms with E-state index in [4.69, 9.17) is 15.2 Å². The van der Waals surface area contributed by atoms with Crippen LogP contribution < -0.4 is 15.2 Å². The van der Waals surface area contributed by atoms with E-state index in [0.29, 0.717) is 30.3 Å². The number of hydrogen-bond donors (Lipinski definition) is 1. The molecule has 21 heavy (non-hydrogen) atoms. The summed E-state index contributed by atoms with van der Waals surface area (Å²) < 4.78 is 52.2. The van der Waals surface area contributed by atoms with Crippen molar-refractivity contribution in [2.45, 2.75) is 12.2 Å². The van der Waals surface area contributed by atoms with Gasteiger partial charge < -0.3 is 19.7 Å². The number of hydrogen-bond acceptors (Lipinski definition) is 6. The van der Waals surface area contributed by atoms with E-state index >= 15 is 0 Å². The predicted molar refractivity (Wildman–Crippen MR) is 62.8 cm³/mol. The first kappa shape index (κ1) is 13.7. The van der Waals surface area contributed by atoms with E-state index in [1.807, 2.05) is 0 Å². The number of ether oxygens (including phenoxy) is 2. The van der Waals surface area contributed by atoms with Crippen LogP contribution >= 0.6 is 0 Å². The number of nitrogens with two attached hydrogens (primary N) is 1. The minimum atomic E-state index is -4.70. The fourth-order valence-electron chi connectivity index (χ4n) is 1.88. The van der Waals surface area contributed by atoms with Gasteiger partial charge in [-0.3, -0.25) is 0 Å². The fraction of sp³-hybridized carbons (Fsp3) is 0.333. The zero-order valence-corrected chi connectivity index (χ0v) is 10.6.